The minimum Gasteiger partial charge on any atom is -0.313 e. The highest BCUT2D eigenvalue weighted by molar-refractivity contribution is 7.08. The van der Waals surface area contributed by atoms with E-state index in [2.05, 4.69) is 457 Å². The molecule has 9 nitrogen and oxygen atoms in total. The topological polar surface area (TPSA) is 29.2 Å². The van der Waals surface area contributed by atoms with Crippen molar-refractivity contribution in [1.29, 1.82) is 0 Å². The van der Waals surface area contributed by atoms with Gasteiger partial charge in [0.15, 0.2) is 0 Å². The Morgan fingerprint density at radius 3 is 0.654 bits per heavy atom. The van der Waals surface area contributed by atoms with Gasteiger partial charge in [-0.25, -0.2) is 0 Å². The van der Waals surface area contributed by atoms with Gasteiger partial charge in [-0.1, -0.05) is 256 Å². The second kappa shape index (κ2) is 25.7. The summed E-state index contributed by atoms with van der Waals surface area (Å²) < 4.78 is 0. The Morgan fingerprint density at radius 2 is 0.385 bits per heavy atom. The first-order valence-electron chi connectivity index (χ1n) is 46.1. The monoisotopic (exact) mass is 1650 g/mol. The third-order valence-electron chi connectivity index (χ3n) is 30.9. The highest BCUT2D eigenvalue weighted by Gasteiger charge is 2.59. The summed E-state index contributed by atoms with van der Waals surface area (Å²) in [6.45, 7) is 1.53. The maximum absolute atomic E-state index is 2.76. The zero-order valence-corrected chi connectivity index (χ0v) is 71.0. The predicted octanol–water partition coefficient (Wildman–Crippen LogP) is 16.6. The minimum atomic E-state index is -0.232. The standard InChI is InChI=1S/C115H73B6N9/c1-70-60-61-96-84(62-70)121-88-66-99-87(119-82-51-25-32-58-94(82)129-92-56-30-23-49-80(92)117-78-47-21-28-54-90(78)123(72-36-10-3-11-37-72)102-68-104(110(119)114(129)108(102)117)126(99)75-42-16-6-17-43-75)65-100(88)127(76-44-18-7-19-45-76)106-69-105-111-115(112(106)121)130(96)95-59-33-26-52-83(95)120(111)86-64-97-85(63-98(86)125(105)74-40-14-5-15-41-74)118-81-50-24-31-57-93(81)128-91-55-29-22-48-79(91)116-77-46-20-27-53-89(77)122(71-34-8-2-9-35-71)101-67-103(109(118)113(128)107(101)116)124(97)73-38-12-4-13-39-73/h2-59,61-70H,60H2,1H3. The van der Waals surface area contributed by atoms with E-state index in [0.717, 1.165) is 40.5 Å². The predicted molar refractivity (Wildman–Crippen MR) is 551 cm³/mol. The maximum Gasteiger partial charge on any atom is 0.252 e. The zero-order valence-electron chi connectivity index (χ0n) is 71.0. The molecule has 1 aliphatic carbocycles. The molecule has 13 aliphatic rings. The Hall–Kier alpha value is -16.0. The summed E-state index contributed by atoms with van der Waals surface area (Å²) in [7, 11) is 0. The normalized spacial score (nSPS) is 15.9. The van der Waals surface area contributed by atoms with Crippen molar-refractivity contribution in [2.75, 3.05) is 44.1 Å². The Bertz CT molecular complexity index is 8160. The van der Waals surface area contributed by atoms with Crippen LogP contribution < -0.4 is 137 Å². The van der Waals surface area contributed by atoms with Crippen LogP contribution in [-0.2, 0) is 0 Å². The fourth-order valence-electron chi connectivity index (χ4n) is 26.3. The number of hydrogen-bond donors (Lipinski definition) is 0. The van der Waals surface area contributed by atoms with E-state index in [0.29, 0.717) is 0 Å². The number of allylic oxidation sites excluding steroid dienone is 3. The summed E-state index contributed by atoms with van der Waals surface area (Å²) in [4.78, 5) is 24.1. The molecule has 0 saturated carbocycles. The van der Waals surface area contributed by atoms with Gasteiger partial charge in [-0.05, 0) is 268 Å². The van der Waals surface area contributed by atoms with Gasteiger partial charge in [0.05, 0.1) is 0 Å². The van der Waals surface area contributed by atoms with Crippen LogP contribution in [0, 0.1) is 5.92 Å². The van der Waals surface area contributed by atoms with E-state index >= 15 is 0 Å². The molecule has 0 radical (unpaired) electrons. The van der Waals surface area contributed by atoms with E-state index in [9.17, 15) is 0 Å². The van der Waals surface area contributed by atoms with Crippen LogP contribution in [0.2, 0.25) is 0 Å². The number of benzene rings is 18. The van der Waals surface area contributed by atoms with Gasteiger partial charge in [0, 0.05) is 154 Å². The van der Waals surface area contributed by atoms with Crippen molar-refractivity contribution in [3.8, 4) is 0 Å². The molecule has 130 heavy (non-hydrogen) atoms. The molecule has 0 N–H and O–H groups in total. The quantitative estimate of drug-likeness (QED) is 0.151. The van der Waals surface area contributed by atoms with Gasteiger partial charge in [-0.2, -0.15) is 0 Å². The molecule has 0 aromatic heterocycles. The number of rotatable bonds is 6. The van der Waals surface area contributed by atoms with Gasteiger partial charge in [-0.15, -0.1) is 0 Å². The molecule has 596 valence electrons. The molecule has 0 amide bonds. The highest BCUT2D eigenvalue weighted by Crippen LogP contribution is 2.58. The second-order valence-electron chi connectivity index (χ2n) is 37.2. The molecule has 12 heterocycles. The zero-order chi connectivity index (χ0) is 84.3. The molecule has 31 rings (SSSR count). The van der Waals surface area contributed by atoms with Crippen LogP contribution in [0.4, 0.5) is 148 Å². The molecule has 0 bridgehead atoms. The molecule has 0 spiro atoms. The largest absolute Gasteiger partial charge is 0.313 e. The summed E-state index contributed by atoms with van der Waals surface area (Å²) >= 11 is 0. The van der Waals surface area contributed by atoms with Crippen LogP contribution in [0.5, 0.6) is 0 Å². The Kier molecular flexibility index (Phi) is 13.9. The molecule has 18 aromatic rings. The average Bonchev–Trinajstić information content (AvgIpc) is 0.672. The van der Waals surface area contributed by atoms with Crippen molar-refractivity contribution in [2.45, 2.75) is 13.3 Å². The van der Waals surface area contributed by atoms with Crippen molar-refractivity contribution in [1.82, 2.24) is 0 Å². The molecule has 1 atom stereocenters. The van der Waals surface area contributed by atoms with Crippen LogP contribution in [0.15, 0.2) is 418 Å². The molecule has 0 saturated heterocycles. The molecule has 15 heteroatoms. The van der Waals surface area contributed by atoms with Gasteiger partial charge in [0.1, 0.15) is 0 Å². The molecule has 18 aromatic carbocycles. The molecule has 12 aliphatic heterocycles. The SMILES string of the molecule is CC1C=C2B3c4cc5c(cc4N(c4ccccc4)c4cc6c7c(c43)N(C2=CC1)c1ccccc1B7c1cc2c(cc1N6c1ccccc1)B1c3ccccc3N3c4ccccc4B4c6ccccc6N(c6ccccc6)c6cc(c1c3c64)N2c1ccccc1)B1c2ccccc2N2c3ccccc3B3c4ccccc4N(c4ccccc4)c4cc(c1c2c43)N5c1ccccc1. The number of anilines is 26. The summed E-state index contributed by atoms with van der Waals surface area (Å²) in [5, 5.41) is 0. The number of fused-ring (bicyclic) bond motifs is 30. The van der Waals surface area contributed by atoms with E-state index in [-0.39, 0.29) is 46.2 Å². The second-order valence-corrected chi connectivity index (χ2v) is 37.2. The average molecular weight is 1650 g/mol. The maximum atomic E-state index is 2.76. The first-order valence-corrected chi connectivity index (χ1v) is 46.1. The first-order chi connectivity index (χ1) is 64.5. The molecular weight excluding hydrogens is 1570 g/mol. The van der Waals surface area contributed by atoms with Gasteiger partial charge in [-0.3, -0.25) is 0 Å². The Balaban J connectivity index is 0.693. The van der Waals surface area contributed by atoms with Crippen molar-refractivity contribution in [2.24, 2.45) is 5.92 Å². The molecule has 0 fully saturated rings. The minimum absolute atomic E-state index is 0.0444. The van der Waals surface area contributed by atoms with Gasteiger partial charge in [0.2, 0.25) is 0 Å². The molecule has 1 unspecified atom stereocenters. The summed E-state index contributed by atoms with van der Waals surface area (Å²) in [5.74, 6) is 0.272. The third-order valence-corrected chi connectivity index (χ3v) is 30.9. The first kappa shape index (κ1) is 70.2. The number of hydrogen-bond acceptors (Lipinski definition) is 9. The fourth-order valence-corrected chi connectivity index (χ4v) is 26.3. The lowest BCUT2D eigenvalue weighted by Crippen LogP contribution is -2.70. The summed E-state index contributed by atoms with van der Waals surface area (Å²) in [5.41, 5.74) is 55.7. The lowest BCUT2D eigenvalue weighted by Gasteiger charge is -2.54. The number of para-hydroxylation sites is 13. The van der Waals surface area contributed by atoms with Gasteiger partial charge < -0.3 is 44.1 Å². The van der Waals surface area contributed by atoms with E-state index < -0.39 is 0 Å². The summed E-state index contributed by atoms with van der Waals surface area (Å²) in [6.07, 6.45) is 6.22. The fraction of sp³-hybridized carbons (Fsp3) is 0.0261. The van der Waals surface area contributed by atoms with Crippen LogP contribution >= 0.6 is 0 Å². The van der Waals surface area contributed by atoms with E-state index in [1.807, 2.05) is 0 Å². The smallest absolute Gasteiger partial charge is 0.252 e. The van der Waals surface area contributed by atoms with Gasteiger partial charge >= 0.3 is 0 Å². The number of nitrogens with zero attached hydrogens (tertiary/aromatic N) is 9. The van der Waals surface area contributed by atoms with Crippen molar-refractivity contribution >= 4 is 281 Å². The van der Waals surface area contributed by atoms with E-state index in [1.165, 1.54) is 218 Å². The lowest BCUT2D eigenvalue weighted by atomic mass is 9.26. The third kappa shape index (κ3) is 8.90. The molecular formula is C115H73B6N9. The highest BCUT2D eigenvalue weighted by atomic mass is 15.3. The van der Waals surface area contributed by atoms with E-state index in [1.54, 1.807) is 0 Å². The summed E-state index contributed by atoms with van der Waals surface area (Å²) in [6, 6.07) is 152. The van der Waals surface area contributed by atoms with Crippen molar-refractivity contribution < 1.29 is 0 Å². The van der Waals surface area contributed by atoms with Gasteiger partial charge in [0.25, 0.3) is 40.3 Å². The van der Waals surface area contributed by atoms with Crippen molar-refractivity contribution in [3.63, 3.8) is 0 Å². The van der Waals surface area contributed by atoms with E-state index in [4.69, 9.17) is 0 Å². The van der Waals surface area contributed by atoms with Crippen LogP contribution in [-0.4, -0.2) is 40.3 Å². The Labute approximate surface area is 756 Å². The Morgan fingerprint density at radius 1 is 0.185 bits per heavy atom. The van der Waals surface area contributed by atoms with Crippen molar-refractivity contribution in [3.05, 3.63) is 418 Å². The lowest BCUT2D eigenvalue weighted by molar-refractivity contribution is 0.724. The van der Waals surface area contributed by atoms with Crippen LogP contribution in [0.3, 0.4) is 0 Å². The van der Waals surface area contributed by atoms with Crippen LogP contribution in [0.25, 0.3) is 0 Å². The van der Waals surface area contributed by atoms with Crippen LogP contribution in [0.1, 0.15) is 13.3 Å².